The first-order valence-corrected chi connectivity index (χ1v) is 7.47. The highest BCUT2D eigenvalue weighted by Crippen LogP contribution is 2.39. The van der Waals surface area contributed by atoms with Gasteiger partial charge in [0.1, 0.15) is 17.5 Å². The maximum Gasteiger partial charge on any atom is 0.136 e. The van der Waals surface area contributed by atoms with Crippen LogP contribution >= 0.6 is 0 Å². The van der Waals surface area contributed by atoms with E-state index in [0.717, 1.165) is 36.0 Å². The van der Waals surface area contributed by atoms with Gasteiger partial charge in [-0.3, -0.25) is 4.98 Å². The predicted octanol–water partition coefficient (Wildman–Crippen LogP) is 2.75. The lowest BCUT2D eigenvalue weighted by Gasteiger charge is -2.13. The summed E-state index contributed by atoms with van der Waals surface area (Å²) in [6.45, 7) is 2.89. The SMILES string of the molecule is CNc1nc(C2CC2)nc(NCCc2cccnc2)c1C. The lowest BCUT2D eigenvalue weighted by atomic mass is 10.2. The third-order valence-corrected chi connectivity index (χ3v) is 3.77. The van der Waals surface area contributed by atoms with Crippen molar-refractivity contribution in [2.24, 2.45) is 0 Å². The van der Waals surface area contributed by atoms with Gasteiger partial charge in [0.25, 0.3) is 0 Å². The average Bonchev–Trinajstić information content (AvgIpc) is 3.35. The van der Waals surface area contributed by atoms with Crippen LogP contribution in [-0.2, 0) is 6.42 Å². The Morgan fingerprint density at radius 1 is 1.24 bits per heavy atom. The predicted molar refractivity (Wildman–Crippen MR) is 84.7 cm³/mol. The molecule has 2 aromatic heterocycles. The van der Waals surface area contributed by atoms with E-state index in [9.17, 15) is 0 Å². The minimum atomic E-state index is 0.552. The van der Waals surface area contributed by atoms with E-state index >= 15 is 0 Å². The molecule has 110 valence electrons. The van der Waals surface area contributed by atoms with Gasteiger partial charge in [0.2, 0.25) is 0 Å². The van der Waals surface area contributed by atoms with Gasteiger partial charge in [-0.1, -0.05) is 6.07 Å². The Bertz CT molecular complexity index is 608. The molecule has 1 fully saturated rings. The van der Waals surface area contributed by atoms with Crippen molar-refractivity contribution in [3.8, 4) is 0 Å². The van der Waals surface area contributed by atoms with Crippen LogP contribution in [0, 0.1) is 6.92 Å². The van der Waals surface area contributed by atoms with Crippen LogP contribution < -0.4 is 10.6 Å². The van der Waals surface area contributed by atoms with E-state index in [1.807, 2.05) is 19.3 Å². The largest absolute Gasteiger partial charge is 0.373 e. The molecule has 0 bridgehead atoms. The quantitative estimate of drug-likeness (QED) is 0.853. The molecule has 3 rings (SSSR count). The van der Waals surface area contributed by atoms with Crippen LogP contribution in [0.5, 0.6) is 0 Å². The highest BCUT2D eigenvalue weighted by Gasteiger charge is 2.28. The standard InChI is InChI=1S/C16H21N5/c1-11-14(17-2)20-16(13-5-6-13)21-15(11)19-9-7-12-4-3-8-18-10-12/h3-4,8,10,13H,5-7,9H2,1-2H3,(H2,17,19,20,21). The summed E-state index contributed by atoms with van der Waals surface area (Å²) in [5.74, 6) is 3.39. The minimum Gasteiger partial charge on any atom is -0.373 e. The Labute approximate surface area is 125 Å². The summed E-state index contributed by atoms with van der Waals surface area (Å²) >= 11 is 0. The first-order chi connectivity index (χ1) is 10.3. The van der Waals surface area contributed by atoms with Crippen molar-refractivity contribution in [2.45, 2.75) is 32.1 Å². The van der Waals surface area contributed by atoms with Crippen LogP contribution in [0.4, 0.5) is 11.6 Å². The maximum atomic E-state index is 4.70. The molecule has 0 atom stereocenters. The van der Waals surface area contributed by atoms with Crippen LogP contribution in [0.2, 0.25) is 0 Å². The van der Waals surface area contributed by atoms with Crippen molar-refractivity contribution < 1.29 is 0 Å². The number of aromatic nitrogens is 3. The first-order valence-electron chi connectivity index (χ1n) is 7.47. The van der Waals surface area contributed by atoms with E-state index in [2.05, 4.69) is 33.6 Å². The van der Waals surface area contributed by atoms with E-state index in [1.165, 1.54) is 18.4 Å². The Balaban J connectivity index is 1.70. The topological polar surface area (TPSA) is 62.7 Å². The zero-order valence-electron chi connectivity index (χ0n) is 12.6. The van der Waals surface area contributed by atoms with E-state index in [1.54, 1.807) is 6.20 Å². The summed E-state index contributed by atoms with van der Waals surface area (Å²) in [5, 5.41) is 6.61. The third-order valence-electron chi connectivity index (χ3n) is 3.77. The number of anilines is 2. The van der Waals surface area contributed by atoms with E-state index < -0.39 is 0 Å². The van der Waals surface area contributed by atoms with Crippen molar-refractivity contribution in [1.29, 1.82) is 0 Å². The van der Waals surface area contributed by atoms with Gasteiger partial charge < -0.3 is 10.6 Å². The van der Waals surface area contributed by atoms with Crippen molar-refractivity contribution in [2.75, 3.05) is 24.2 Å². The van der Waals surface area contributed by atoms with Gasteiger partial charge in [0.15, 0.2) is 0 Å². The Kier molecular flexibility index (Phi) is 3.99. The molecule has 2 heterocycles. The molecular weight excluding hydrogens is 262 g/mol. The third kappa shape index (κ3) is 3.29. The summed E-state index contributed by atoms with van der Waals surface area (Å²) in [6, 6.07) is 4.06. The minimum absolute atomic E-state index is 0.552. The molecule has 1 saturated carbocycles. The van der Waals surface area contributed by atoms with Crippen molar-refractivity contribution >= 4 is 11.6 Å². The Morgan fingerprint density at radius 3 is 2.71 bits per heavy atom. The fourth-order valence-electron chi connectivity index (χ4n) is 2.34. The summed E-state index contributed by atoms with van der Waals surface area (Å²) in [6.07, 6.45) is 7.06. The zero-order chi connectivity index (χ0) is 14.7. The van der Waals surface area contributed by atoms with Gasteiger partial charge in [0.05, 0.1) is 0 Å². The van der Waals surface area contributed by atoms with E-state index in [-0.39, 0.29) is 0 Å². The second kappa shape index (κ2) is 6.08. The highest BCUT2D eigenvalue weighted by atomic mass is 15.1. The number of rotatable bonds is 6. The second-order valence-electron chi connectivity index (χ2n) is 5.47. The molecule has 1 aliphatic rings. The molecule has 0 unspecified atom stereocenters. The Morgan fingerprint density at radius 2 is 2.05 bits per heavy atom. The van der Waals surface area contributed by atoms with Gasteiger partial charge in [-0.05, 0) is 37.8 Å². The molecule has 0 amide bonds. The number of nitrogens with one attached hydrogen (secondary N) is 2. The van der Waals surface area contributed by atoms with Crippen LogP contribution in [0.1, 0.15) is 35.7 Å². The maximum absolute atomic E-state index is 4.70. The smallest absolute Gasteiger partial charge is 0.136 e. The summed E-state index contributed by atoms with van der Waals surface area (Å²) in [5.41, 5.74) is 2.31. The summed E-state index contributed by atoms with van der Waals surface area (Å²) < 4.78 is 0. The van der Waals surface area contributed by atoms with Gasteiger partial charge in [-0.15, -0.1) is 0 Å². The molecule has 5 heteroatoms. The molecule has 5 nitrogen and oxygen atoms in total. The first kappa shape index (κ1) is 13.8. The molecule has 0 radical (unpaired) electrons. The molecule has 0 aliphatic heterocycles. The van der Waals surface area contributed by atoms with E-state index in [4.69, 9.17) is 4.98 Å². The van der Waals surface area contributed by atoms with Crippen molar-refractivity contribution in [3.05, 3.63) is 41.5 Å². The fourth-order valence-corrected chi connectivity index (χ4v) is 2.34. The van der Waals surface area contributed by atoms with Crippen molar-refractivity contribution in [1.82, 2.24) is 15.0 Å². The lowest BCUT2D eigenvalue weighted by Crippen LogP contribution is -2.11. The summed E-state index contributed by atoms with van der Waals surface area (Å²) in [4.78, 5) is 13.4. The molecule has 2 aromatic rings. The molecular formula is C16H21N5. The fraction of sp³-hybridized carbons (Fsp3) is 0.438. The van der Waals surface area contributed by atoms with Gasteiger partial charge >= 0.3 is 0 Å². The molecule has 2 N–H and O–H groups in total. The molecule has 21 heavy (non-hydrogen) atoms. The molecule has 0 spiro atoms. The monoisotopic (exact) mass is 283 g/mol. The van der Waals surface area contributed by atoms with Gasteiger partial charge in [0, 0.05) is 37.5 Å². The lowest BCUT2D eigenvalue weighted by molar-refractivity contribution is 0.906. The number of hydrogen-bond acceptors (Lipinski definition) is 5. The summed E-state index contributed by atoms with van der Waals surface area (Å²) in [7, 11) is 1.91. The number of nitrogens with zero attached hydrogens (tertiary/aromatic N) is 3. The zero-order valence-corrected chi connectivity index (χ0v) is 12.6. The molecule has 0 aromatic carbocycles. The van der Waals surface area contributed by atoms with E-state index in [0.29, 0.717) is 5.92 Å². The highest BCUT2D eigenvalue weighted by molar-refractivity contribution is 5.57. The average molecular weight is 283 g/mol. The normalized spacial score (nSPS) is 14.0. The van der Waals surface area contributed by atoms with Crippen LogP contribution in [0.15, 0.2) is 24.5 Å². The van der Waals surface area contributed by atoms with Gasteiger partial charge in [-0.2, -0.15) is 0 Å². The molecule has 1 aliphatic carbocycles. The van der Waals surface area contributed by atoms with Crippen molar-refractivity contribution in [3.63, 3.8) is 0 Å². The number of pyridine rings is 1. The van der Waals surface area contributed by atoms with Crippen LogP contribution in [0.25, 0.3) is 0 Å². The Hall–Kier alpha value is -2.17. The molecule has 0 saturated heterocycles. The number of hydrogen-bond donors (Lipinski definition) is 2. The van der Waals surface area contributed by atoms with Crippen LogP contribution in [-0.4, -0.2) is 28.5 Å². The second-order valence-corrected chi connectivity index (χ2v) is 5.47. The van der Waals surface area contributed by atoms with Crippen LogP contribution in [0.3, 0.4) is 0 Å². The van der Waals surface area contributed by atoms with Gasteiger partial charge in [-0.25, -0.2) is 9.97 Å².